The van der Waals surface area contributed by atoms with Crippen molar-refractivity contribution in [2.75, 3.05) is 26.2 Å². The first-order valence-corrected chi connectivity index (χ1v) is 5.80. The van der Waals surface area contributed by atoms with Crippen LogP contribution in [0, 0.1) is 5.92 Å². The molecule has 1 unspecified atom stereocenters. The summed E-state index contributed by atoms with van der Waals surface area (Å²) in [7, 11) is 0. The van der Waals surface area contributed by atoms with Gasteiger partial charge in [-0.05, 0) is 18.8 Å². The molecule has 0 bridgehead atoms. The number of nitrogens with zero attached hydrogens (tertiary/aromatic N) is 1. The van der Waals surface area contributed by atoms with E-state index in [1.165, 1.54) is 19.3 Å². The zero-order chi connectivity index (χ0) is 10.7. The molecule has 1 aliphatic heterocycles. The minimum absolute atomic E-state index is 0.101. The molecule has 0 aromatic carbocycles. The summed E-state index contributed by atoms with van der Waals surface area (Å²) in [6, 6.07) is 0. The molecule has 0 spiro atoms. The van der Waals surface area contributed by atoms with E-state index < -0.39 is 5.97 Å². The Labute approximate surface area is 90.2 Å². The molecule has 1 aliphatic carbocycles. The number of hydrogen-bond donors (Lipinski definition) is 1. The van der Waals surface area contributed by atoms with Crippen molar-refractivity contribution in [3.05, 3.63) is 0 Å². The zero-order valence-electron chi connectivity index (χ0n) is 9.02. The molecule has 86 valence electrons. The molecule has 1 saturated carbocycles. The Hall–Kier alpha value is -0.610. The van der Waals surface area contributed by atoms with Crippen LogP contribution in [-0.4, -0.2) is 48.3 Å². The summed E-state index contributed by atoms with van der Waals surface area (Å²) in [5.74, 6) is 0.0964. The average molecular weight is 213 g/mol. The monoisotopic (exact) mass is 213 g/mol. The highest BCUT2D eigenvalue weighted by molar-refractivity contribution is 5.67. The highest BCUT2D eigenvalue weighted by Crippen LogP contribution is 2.27. The number of carbonyl (C=O) groups is 1. The molecular weight excluding hydrogens is 194 g/mol. The maximum Gasteiger partial charge on any atom is 0.306 e. The van der Waals surface area contributed by atoms with Gasteiger partial charge in [-0.15, -0.1) is 0 Å². The van der Waals surface area contributed by atoms with Crippen LogP contribution in [0.15, 0.2) is 0 Å². The lowest BCUT2D eigenvalue weighted by molar-refractivity contribution is -0.142. The molecule has 0 amide bonds. The summed E-state index contributed by atoms with van der Waals surface area (Å²) >= 11 is 0. The van der Waals surface area contributed by atoms with E-state index in [-0.39, 0.29) is 12.5 Å². The Morgan fingerprint density at radius 2 is 2.27 bits per heavy atom. The molecule has 15 heavy (non-hydrogen) atoms. The fourth-order valence-corrected chi connectivity index (χ4v) is 2.31. The first-order chi connectivity index (χ1) is 7.24. The van der Waals surface area contributed by atoms with Crippen molar-refractivity contribution in [3.8, 4) is 0 Å². The van der Waals surface area contributed by atoms with E-state index in [1.807, 2.05) is 0 Å². The second-order valence-electron chi connectivity index (χ2n) is 4.65. The van der Waals surface area contributed by atoms with Crippen molar-refractivity contribution in [3.63, 3.8) is 0 Å². The largest absolute Gasteiger partial charge is 0.481 e. The summed E-state index contributed by atoms with van der Waals surface area (Å²) < 4.78 is 5.43. The van der Waals surface area contributed by atoms with Crippen LogP contribution in [0.3, 0.4) is 0 Å². The Kier molecular flexibility index (Phi) is 3.59. The number of carboxylic acid groups (broad SMARTS) is 1. The normalized spacial score (nSPS) is 28.7. The number of aliphatic carboxylic acids is 1. The third-order valence-electron chi connectivity index (χ3n) is 3.37. The SMILES string of the molecule is O=C(O)CC1CN(CC2CCC2)CCO1. The third kappa shape index (κ3) is 3.18. The molecule has 1 N–H and O–H groups in total. The van der Waals surface area contributed by atoms with Crippen molar-refractivity contribution in [1.29, 1.82) is 0 Å². The van der Waals surface area contributed by atoms with Crippen molar-refractivity contribution < 1.29 is 14.6 Å². The smallest absolute Gasteiger partial charge is 0.306 e. The van der Waals surface area contributed by atoms with Gasteiger partial charge in [0.1, 0.15) is 0 Å². The first kappa shape index (κ1) is 10.9. The lowest BCUT2D eigenvalue weighted by Gasteiger charge is -2.37. The average Bonchev–Trinajstić information content (AvgIpc) is 2.11. The molecule has 0 aromatic rings. The maximum absolute atomic E-state index is 10.6. The van der Waals surface area contributed by atoms with E-state index in [2.05, 4.69) is 4.90 Å². The van der Waals surface area contributed by atoms with Crippen molar-refractivity contribution in [2.24, 2.45) is 5.92 Å². The third-order valence-corrected chi connectivity index (χ3v) is 3.37. The quantitative estimate of drug-likeness (QED) is 0.755. The van der Waals surface area contributed by atoms with Crippen LogP contribution in [0.25, 0.3) is 0 Å². The molecule has 4 nitrogen and oxygen atoms in total. The fourth-order valence-electron chi connectivity index (χ4n) is 2.31. The summed E-state index contributed by atoms with van der Waals surface area (Å²) in [5, 5.41) is 8.69. The Morgan fingerprint density at radius 1 is 1.47 bits per heavy atom. The molecule has 0 radical (unpaired) electrons. The van der Waals surface area contributed by atoms with E-state index in [9.17, 15) is 4.79 Å². The van der Waals surface area contributed by atoms with Gasteiger partial charge in [0, 0.05) is 19.6 Å². The molecule has 0 aromatic heterocycles. The molecular formula is C11H19NO3. The van der Waals surface area contributed by atoms with E-state index in [0.29, 0.717) is 6.61 Å². The van der Waals surface area contributed by atoms with Gasteiger partial charge in [-0.2, -0.15) is 0 Å². The molecule has 2 rings (SSSR count). The van der Waals surface area contributed by atoms with Crippen LogP contribution in [0.5, 0.6) is 0 Å². The number of carboxylic acids is 1. The van der Waals surface area contributed by atoms with Crippen molar-refractivity contribution in [2.45, 2.75) is 31.8 Å². The minimum atomic E-state index is -0.759. The van der Waals surface area contributed by atoms with Gasteiger partial charge in [-0.3, -0.25) is 9.69 Å². The van der Waals surface area contributed by atoms with Gasteiger partial charge in [-0.25, -0.2) is 0 Å². The lowest BCUT2D eigenvalue weighted by atomic mass is 9.85. The van der Waals surface area contributed by atoms with Crippen LogP contribution >= 0.6 is 0 Å². The second-order valence-corrected chi connectivity index (χ2v) is 4.65. The van der Waals surface area contributed by atoms with E-state index in [4.69, 9.17) is 9.84 Å². The number of ether oxygens (including phenoxy) is 1. The van der Waals surface area contributed by atoms with E-state index in [0.717, 1.165) is 25.6 Å². The number of hydrogen-bond acceptors (Lipinski definition) is 3. The minimum Gasteiger partial charge on any atom is -0.481 e. The van der Waals surface area contributed by atoms with Gasteiger partial charge < -0.3 is 9.84 Å². The van der Waals surface area contributed by atoms with Crippen molar-refractivity contribution in [1.82, 2.24) is 4.90 Å². The molecule has 1 heterocycles. The summed E-state index contributed by atoms with van der Waals surface area (Å²) in [4.78, 5) is 12.9. The van der Waals surface area contributed by atoms with Gasteiger partial charge in [-0.1, -0.05) is 6.42 Å². The van der Waals surface area contributed by atoms with Gasteiger partial charge in [0.05, 0.1) is 19.1 Å². The zero-order valence-corrected chi connectivity index (χ0v) is 9.02. The van der Waals surface area contributed by atoms with E-state index >= 15 is 0 Å². The van der Waals surface area contributed by atoms with Gasteiger partial charge in [0.15, 0.2) is 0 Å². The maximum atomic E-state index is 10.6. The highest BCUT2D eigenvalue weighted by Gasteiger charge is 2.26. The predicted molar refractivity (Wildman–Crippen MR) is 55.8 cm³/mol. The first-order valence-electron chi connectivity index (χ1n) is 5.80. The van der Waals surface area contributed by atoms with Gasteiger partial charge >= 0.3 is 5.97 Å². The van der Waals surface area contributed by atoms with Crippen LogP contribution in [0.4, 0.5) is 0 Å². The summed E-state index contributed by atoms with van der Waals surface area (Å²) in [6.45, 7) is 3.58. The van der Waals surface area contributed by atoms with Crippen molar-refractivity contribution >= 4 is 5.97 Å². The Balaban J connectivity index is 1.73. The molecule has 2 aliphatic rings. The lowest BCUT2D eigenvalue weighted by Crippen LogP contribution is -2.45. The van der Waals surface area contributed by atoms with E-state index in [1.54, 1.807) is 0 Å². The van der Waals surface area contributed by atoms with Crippen LogP contribution in [-0.2, 0) is 9.53 Å². The second kappa shape index (κ2) is 4.94. The summed E-state index contributed by atoms with van der Waals surface area (Å²) in [5.41, 5.74) is 0. The highest BCUT2D eigenvalue weighted by atomic mass is 16.5. The standard InChI is InChI=1S/C11H19NO3/c13-11(14)6-10-8-12(4-5-15-10)7-9-2-1-3-9/h9-10H,1-8H2,(H,13,14). The molecule has 2 fully saturated rings. The number of morpholine rings is 1. The topological polar surface area (TPSA) is 49.8 Å². The molecule has 1 saturated heterocycles. The van der Waals surface area contributed by atoms with Crippen LogP contribution in [0.2, 0.25) is 0 Å². The Morgan fingerprint density at radius 3 is 2.87 bits per heavy atom. The molecule has 1 atom stereocenters. The predicted octanol–water partition coefficient (Wildman–Crippen LogP) is 0.962. The molecule has 4 heteroatoms. The summed E-state index contributed by atoms with van der Waals surface area (Å²) in [6.07, 6.45) is 4.10. The number of rotatable bonds is 4. The van der Waals surface area contributed by atoms with Crippen LogP contribution < -0.4 is 0 Å². The Bertz CT molecular complexity index is 228. The van der Waals surface area contributed by atoms with Gasteiger partial charge in [0.2, 0.25) is 0 Å². The van der Waals surface area contributed by atoms with Gasteiger partial charge in [0.25, 0.3) is 0 Å². The van der Waals surface area contributed by atoms with Crippen LogP contribution in [0.1, 0.15) is 25.7 Å². The fraction of sp³-hybridized carbons (Fsp3) is 0.909.